The number of aromatic nitrogens is 3. The molecule has 0 saturated carbocycles. The number of aliphatic imine (C=N–C) groups is 1. The molecule has 0 saturated heterocycles. The van der Waals surface area contributed by atoms with Crippen LogP contribution in [0.1, 0.15) is 37.0 Å². The number of aryl methyl sites for hydroxylation is 1. The van der Waals surface area contributed by atoms with Crippen LogP contribution in [0.3, 0.4) is 0 Å². The molecule has 158 valence electrons. The van der Waals surface area contributed by atoms with Gasteiger partial charge >= 0.3 is 6.18 Å². The third kappa shape index (κ3) is 6.37. The van der Waals surface area contributed by atoms with Crippen molar-refractivity contribution in [1.82, 2.24) is 25.4 Å². The molecule has 0 fully saturated rings. The summed E-state index contributed by atoms with van der Waals surface area (Å²) in [6.07, 6.45) is -1.10. The predicted molar refractivity (Wildman–Crippen MR) is 103 cm³/mol. The van der Waals surface area contributed by atoms with Gasteiger partial charge in [0.25, 0.3) is 0 Å². The molecule has 0 radical (unpaired) electrons. The van der Waals surface area contributed by atoms with Crippen molar-refractivity contribution in [3.05, 3.63) is 41.5 Å². The second kappa shape index (κ2) is 9.62. The van der Waals surface area contributed by atoms with E-state index in [1.54, 1.807) is 12.1 Å². The highest BCUT2D eigenvalue weighted by atomic mass is 19.4. The fraction of sp³-hybridized carbons (Fsp3) is 0.526. The highest BCUT2D eigenvalue weighted by Gasteiger charge is 2.28. The number of fused-ring (bicyclic) bond motifs is 1. The number of nitrogens with one attached hydrogen (secondary N) is 2. The van der Waals surface area contributed by atoms with Crippen molar-refractivity contribution >= 4 is 5.96 Å². The molecule has 0 unspecified atom stereocenters. The minimum atomic E-state index is -4.35. The first-order chi connectivity index (χ1) is 13.9. The second-order valence-corrected chi connectivity index (χ2v) is 6.74. The molecule has 2 N–H and O–H groups in total. The zero-order chi connectivity index (χ0) is 20.7. The average Bonchev–Trinajstić information content (AvgIpc) is 3.12. The van der Waals surface area contributed by atoms with Crippen molar-refractivity contribution in [3.8, 4) is 5.75 Å². The van der Waals surface area contributed by atoms with E-state index in [0.29, 0.717) is 25.6 Å². The molecule has 0 spiro atoms. The Kier molecular flexibility index (Phi) is 6.95. The molecular formula is C19H25F3N6O. The zero-order valence-electron chi connectivity index (χ0n) is 16.3. The number of rotatable bonds is 7. The number of nitrogens with zero attached hydrogens (tertiary/aromatic N) is 4. The maximum absolute atomic E-state index is 12.2. The van der Waals surface area contributed by atoms with Crippen LogP contribution in [-0.4, -0.2) is 40.1 Å². The van der Waals surface area contributed by atoms with Crippen LogP contribution in [-0.2, 0) is 26.1 Å². The summed E-state index contributed by atoms with van der Waals surface area (Å²) in [5, 5.41) is 14.9. The van der Waals surface area contributed by atoms with Gasteiger partial charge in [-0.2, -0.15) is 13.2 Å². The lowest BCUT2D eigenvalue weighted by Crippen LogP contribution is -2.37. The molecule has 2 heterocycles. The number of benzene rings is 1. The molecule has 3 rings (SSSR count). The van der Waals surface area contributed by atoms with Crippen LogP contribution in [0.2, 0.25) is 0 Å². The van der Waals surface area contributed by atoms with E-state index in [4.69, 9.17) is 4.74 Å². The molecular weight excluding hydrogens is 385 g/mol. The van der Waals surface area contributed by atoms with Gasteiger partial charge < -0.3 is 19.9 Å². The van der Waals surface area contributed by atoms with Crippen molar-refractivity contribution in [2.75, 3.05) is 13.2 Å². The summed E-state index contributed by atoms with van der Waals surface area (Å²) in [6.45, 7) is 3.22. The summed E-state index contributed by atoms with van der Waals surface area (Å²) >= 11 is 0. The molecule has 1 aromatic heterocycles. The predicted octanol–water partition coefficient (Wildman–Crippen LogP) is 2.81. The Bertz CT molecular complexity index is 816. The lowest BCUT2D eigenvalue weighted by molar-refractivity contribution is -0.153. The maximum Gasteiger partial charge on any atom is 0.422 e. The Balaban J connectivity index is 1.55. The van der Waals surface area contributed by atoms with Crippen molar-refractivity contribution in [3.63, 3.8) is 0 Å². The number of ether oxygens (including phenoxy) is 1. The van der Waals surface area contributed by atoms with Crippen LogP contribution in [0.25, 0.3) is 0 Å². The first kappa shape index (κ1) is 20.9. The first-order valence-electron chi connectivity index (χ1n) is 9.66. The van der Waals surface area contributed by atoms with Gasteiger partial charge in [0.1, 0.15) is 11.6 Å². The molecule has 1 aromatic carbocycles. The first-order valence-corrected chi connectivity index (χ1v) is 9.66. The molecule has 1 aliphatic heterocycles. The van der Waals surface area contributed by atoms with Gasteiger partial charge in [0, 0.05) is 19.5 Å². The van der Waals surface area contributed by atoms with Crippen molar-refractivity contribution in [2.24, 2.45) is 4.99 Å². The fourth-order valence-corrected chi connectivity index (χ4v) is 3.03. The van der Waals surface area contributed by atoms with Crippen molar-refractivity contribution in [2.45, 2.75) is 52.0 Å². The summed E-state index contributed by atoms with van der Waals surface area (Å²) in [5.74, 6) is 2.73. The van der Waals surface area contributed by atoms with Crippen LogP contribution in [0, 0.1) is 0 Å². The van der Waals surface area contributed by atoms with Crippen LogP contribution in [0.15, 0.2) is 29.3 Å². The summed E-state index contributed by atoms with van der Waals surface area (Å²) in [5.41, 5.74) is 0.862. The van der Waals surface area contributed by atoms with Gasteiger partial charge in [-0.25, -0.2) is 4.99 Å². The Morgan fingerprint density at radius 1 is 1.17 bits per heavy atom. The number of alkyl halides is 3. The highest BCUT2D eigenvalue weighted by Crippen LogP contribution is 2.19. The van der Waals surface area contributed by atoms with E-state index in [-0.39, 0.29) is 5.75 Å². The fourth-order valence-electron chi connectivity index (χ4n) is 3.03. The minimum Gasteiger partial charge on any atom is -0.484 e. The Hall–Kier alpha value is -2.78. The number of hydrogen-bond donors (Lipinski definition) is 2. The number of guanidine groups is 1. The summed E-state index contributed by atoms with van der Waals surface area (Å²) in [4.78, 5) is 4.53. The lowest BCUT2D eigenvalue weighted by atomic mass is 10.2. The molecule has 7 nitrogen and oxygen atoms in total. The van der Waals surface area contributed by atoms with Crippen molar-refractivity contribution in [1.29, 1.82) is 0 Å². The molecule has 0 aliphatic carbocycles. The Morgan fingerprint density at radius 2 is 1.97 bits per heavy atom. The van der Waals surface area contributed by atoms with Crippen LogP contribution >= 0.6 is 0 Å². The maximum atomic E-state index is 12.2. The van der Waals surface area contributed by atoms with Gasteiger partial charge in [-0.05, 0) is 37.5 Å². The van der Waals surface area contributed by atoms with E-state index in [1.165, 1.54) is 12.1 Å². The van der Waals surface area contributed by atoms with Crippen molar-refractivity contribution < 1.29 is 17.9 Å². The van der Waals surface area contributed by atoms with Gasteiger partial charge in [0.05, 0.1) is 13.1 Å². The topological polar surface area (TPSA) is 76.4 Å². The zero-order valence-corrected chi connectivity index (χ0v) is 16.3. The van der Waals surface area contributed by atoms with Gasteiger partial charge in [-0.1, -0.05) is 12.1 Å². The van der Waals surface area contributed by atoms with E-state index in [9.17, 15) is 13.2 Å². The third-order valence-electron chi connectivity index (χ3n) is 4.44. The number of halogens is 3. The lowest BCUT2D eigenvalue weighted by Gasteiger charge is -2.16. The number of hydrogen-bond acceptors (Lipinski definition) is 4. The SMILES string of the molecule is CCNC(=NCc1ccc(OCC(F)(F)F)cc1)NCc1nnc2n1CCCC2. The van der Waals surface area contributed by atoms with E-state index in [2.05, 4.69) is 30.4 Å². The van der Waals surface area contributed by atoms with Gasteiger partial charge in [-0.3, -0.25) is 0 Å². The summed E-state index contributed by atoms with van der Waals surface area (Å²) in [6, 6.07) is 6.43. The van der Waals surface area contributed by atoms with Gasteiger partial charge in [0.15, 0.2) is 18.4 Å². The monoisotopic (exact) mass is 410 g/mol. The third-order valence-corrected chi connectivity index (χ3v) is 4.44. The minimum absolute atomic E-state index is 0.177. The second-order valence-electron chi connectivity index (χ2n) is 6.74. The van der Waals surface area contributed by atoms with E-state index in [0.717, 1.165) is 43.0 Å². The van der Waals surface area contributed by atoms with E-state index >= 15 is 0 Å². The van der Waals surface area contributed by atoms with Crippen LogP contribution in [0.5, 0.6) is 5.75 Å². The summed E-state index contributed by atoms with van der Waals surface area (Å²) in [7, 11) is 0. The van der Waals surface area contributed by atoms with Gasteiger partial charge in [0.2, 0.25) is 0 Å². The van der Waals surface area contributed by atoms with Crippen LogP contribution in [0.4, 0.5) is 13.2 Å². The smallest absolute Gasteiger partial charge is 0.422 e. The quantitative estimate of drug-likeness (QED) is 0.542. The largest absolute Gasteiger partial charge is 0.484 e. The highest BCUT2D eigenvalue weighted by molar-refractivity contribution is 5.79. The normalized spacial score (nSPS) is 14.4. The van der Waals surface area contributed by atoms with Gasteiger partial charge in [-0.15, -0.1) is 10.2 Å². The molecule has 2 aromatic rings. The Morgan fingerprint density at radius 3 is 2.69 bits per heavy atom. The standard InChI is InChI=1S/C19H25F3N6O/c1-2-23-18(25-12-17-27-26-16-5-3-4-10-28(16)17)24-11-14-6-8-15(9-7-14)29-13-19(20,21)22/h6-9H,2-5,10-13H2,1H3,(H2,23,24,25). The molecule has 0 atom stereocenters. The molecule has 10 heteroatoms. The molecule has 0 amide bonds. The molecule has 1 aliphatic rings. The van der Waals surface area contributed by atoms with E-state index in [1.807, 2.05) is 6.92 Å². The molecule has 29 heavy (non-hydrogen) atoms. The Labute approximate surface area is 167 Å². The van der Waals surface area contributed by atoms with E-state index < -0.39 is 12.8 Å². The van der Waals surface area contributed by atoms with Crippen LogP contribution < -0.4 is 15.4 Å². The summed E-state index contributed by atoms with van der Waals surface area (Å²) < 4.78 is 43.5. The average molecular weight is 410 g/mol. The molecule has 0 bridgehead atoms.